The van der Waals surface area contributed by atoms with Crippen molar-refractivity contribution in [3.05, 3.63) is 47.3 Å². The topological polar surface area (TPSA) is 75.0 Å². The number of rotatable bonds is 3. The van der Waals surface area contributed by atoms with Crippen molar-refractivity contribution in [2.45, 2.75) is 12.7 Å². The predicted octanol–water partition coefficient (Wildman–Crippen LogP) is 2.28. The zero-order valence-corrected chi connectivity index (χ0v) is 11.1. The van der Waals surface area contributed by atoms with Crippen molar-refractivity contribution in [2.75, 3.05) is 12.8 Å². The summed E-state index contributed by atoms with van der Waals surface area (Å²) in [6.07, 6.45) is -3.05. The lowest BCUT2D eigenvalue weighted by molar-refractivity contribution is -0.137. The molecule has 0 fully saturated rings. The summed E-state index contributed by atoms with van der Waals surface area (Å²) in [7, 11) is 1.53. The molecule has 1 aromatic carbocycles. The number of hydrogen-bond acceptors (Lipinski definition) is 3. The Kier molecular flexibility index (Phi) is 3.88. The normalized spacial score (nSPS) is 11.4. The van der Waals surface area contributed by atoms with E-state index in [0.717, 1.165) is 12.1 Å². The van der Waals surface area contributed by atoms with E-state index in [1.54, 1.807) is 0 Å². The molecule has 8 heteroatoms. The maximum atomic E-state index is 12.5. The van der Waals surface area contributed by atoms with Crippen LogP contribution in [0.1, 0.15) is 21.6 Å². The largest absolute Gasteiger partial charge is 0.416 e. The lowest BCUT2D eigenvalue weighted by atomic mass is 10.1. The van der Waals surface area contributed by atoms with Crippen LogP contribution in [-0.2, 0) is 12.7 Å². The number of nitrogen functional groups attached to an aromatic ring is 1. The highest BCUT2D eigenvalue weighted by atomic mass is 19.4. The molecule has 0 saturated heterocycles. The van der Waals surface area contributed by atoms with Crippen LogP contribution in [-0.4, -0.2) is 28.1 Å². The Hall–Kier alpha value is -2.51. The highest BCUT2D eigenvalue weighted by molar-refractivity contribution is 5.96. The summed E-state index contributed by atoms with van der Waals surface area (Å²) in [6, 6.07) is 4.64. The van der Waals surface area contributed by atoms with Crippen LogP contribution in [0, 0.1) is 0 Å². The molecule has 1 amide bonds. The van der Waals surface area contributed by atoms with E-state index in [0.29, 0.717) is 5.56 Å². The number of anilines is 1. The van der Waals surface area contributed by atoms with Gasteiger partial charge in [-0.15, -0.1) is 0 Å². The Labute approximate surface area is 118 Å². The second-order valence-electron chi connectivity index (χ2n) is 4.56. The first kappa shape index (κ1) is 14.9. The Morgan fingerprint density at radius 2 is 1.95 bits per heavy atom. The SMILES string of the molecule is CN(Cc1ccc(C(F)(F)F)cc1)C(=O)c1[nH]ncc1N. The van der Waals surface area contributed by atoms with Crippen molar-refractivity contribution < 1.29 is 18.0 Å². The zero-order valence-electron chi connectivity index (χ0n) is 11.1. The van der Waals surface area contributed by atoms with E-state index in [2.05, 4.69) is 10.2 Å². The monoisotopic (exact) mass is 298 g/mol. The van der Waals surface area contributed by atoms with Gasteiger partial charge in [-0.05, 0) is 17.7 Å². The standard InChI is InChI=1S/C13H13F3N4O/c1-20(12(21)11-10(17)6-18-19-11)7-8-2-4-9(5-3-8)13(14,15)16/h2-6H,7,17H2,1H3,(H,18,19). The number of hydrogen-bond donors (Lipinski definition) is 2. The van der Waals surface area contributed by atoms with Crippen LogP contribution >= 0.6 is 0 Å². The Morgan fingerprint density at radius 3 is 2.43 bits per heavy atom. The molecule has 0 aliphatic rings. The molecule has 1 heterocycles. The minimum atomic E-state index is -4.37. The minimum absolute atomic E-state index is 0.157. The highest BCUT2D eigenvalue weighted by Crippen LogP contribution is 2.29. The Balaban J connectivity index is 2.08. The number of alkyl halides is 3. The van der Waals surface area contributed by atoms with Crippen molar-refractivity contribution >= 4 is 11.6 Å². The van der Waals surface area contributed by atoms with E-state index in [9.17, 15) is 18.0 Å². The molecule has 0 aliphatic carbocycles. The first-order valence-electron chi connectivity index (χ1n) is 5.99. The summed E-state index contributed by atoms with van der Waals surface area (Å²) in [4.78, 5) is 13.4. The van der Waals surface area contributed by atoms with Crippen molar-refractivity contribution in [1.29, 1.82) is 0 Å². The number of H-pyrrole nitrogens is 1. The number of nitrogens with two attached hydrogens (primary N) is 1. The lowest BCUT2D eigenvalue weighted by Gasteiger charge is -2.17. The summed E-state index contributed by atoms with van der Waals surface area (Å²) >= 11 is 0. The third kappa shape index (κ3) is 3.33. The highest BCUT2D eigenvalue weighted by Gasteiger charge is 2.30. The van der Waals surface area contributed by atoms with Crippen molar-refractivity contribution in [1.82, 2.24) is 15.1 Å². The van der Waals surface area contributed by atoms with E-state index in [4.69, 9.17) is 5.73 Å². The maximum absolute atomic E-state index is 12.5. The number of amides is 1. The smallest absolute Gasteiger partial charge is 0.396 e. The molecule has 0 spiro atoms. The van der Waals surface area contributed by atoms with Gasteiger partial charge in [-0.25, -0.2) is 0 Å². The van der Waals surface area contributed by atoms with Gasteiger partial charge in [0.05, 0.1) is 17.4 Å². The van der Waals surface area contributed by atoms with Crippen LogP contribution in [0.25, 0.3) is 0 Å². The molecule has 0 radical (unpaired) electrons. The number of benzene rings is 1. The Bertz CT molecular complexity index is 634. The molecule has 5 nitrogen and oxygen atoms in total. The predicted molar refractivity (Wildman–Crippen MR) is 70.2 cm³/mol. The number of nitrogens with one attached hydrogen (secondary N) is 1. The second kappa shape index (κ2) is 5.47. The molecule has 0 atom stereocenters. The van der Waals surface area contributed by atoms with Crippen LogP contribution in [0.4, 0.5) is 18.9 Å². The van der Waals surface area contributed by atoms with E-state index in [-0.39, 0.29) is 23.8 Å². The number of aromatic amines is 1. The lowest BCUT2D eigenvalue weighted by Crippen LogP contribution is -2.27. The molecule has 21 heavy (non-hydrogen) atoms. The van der Waals surface area contributed by atoms with Crippen LogP contribution in [0.3, 0.4) is 0 Å². The maximum Gasteiger partial charge on any atom is 0.416 e. The summed E-state index contributed by atoms with van der Waals surface area (Å²) in [5, 5.41) is 6.13. The van der Waals surface area contributed by atoms with Crippen molar-refractivity contribution in [3.63, 3.8) is 0 Å². The molecular weight excluding hydrogens is 285 g/mol. The number of carbonyl (C=O) groups is 1. The molecule has 112 valence electrons. The molecule has 0 unspecified atom stereocenters. The fourth-order valence-electron chi connectivity index (χ4n) is 1.80. The third-order valence-electron chi connectivity index (χ3n) is 2.93. The molecule has 2 rings (SSSR count). The average molecular weight is 298 g/mol. The van der Waals surface area contributed by atoms with Gasteiger partial charge in [0.1, 0.15) is 5.69 Å². The van der Waals surface area contributed by atoms with E-state index >= 15 is 0 Å². The molecule has 0 saturated carbocycles. The minimum Gasteiger partial charge on any atom is -0.396 e. The molecule has 1 aromatic heterocycles. The third-order valence-corrected chi connectivity index (χ3v) is 2.93. The van der Waals surface area contributed by atoms with Crippen molar-refractivity contribution in [2.24, 2.45) is 0 Å². The van der Waals surface area contributed by atoms with Crippen LogP contribution in [0.15, 0.2) is 30.5 Å². The number of nitrogens with zero attached hydrogens (tertiary/aromatic N) is 2. The zero-order chi connectivity index (χ0) is 15.6. The Morgan fingerprint density at radius 1 is 1.33 bits per heavy atom. The van der Waals surface area contributed by atoms with Gasteiger partial charge in [-0.3, -0.25) is 9.89 Å². The van der Waals surface area contributed by atoms with Crippen molar-refractivity contribution in [3.8, 4) is 0 Å². The van der Waals surface area contributed by atoms with Gasteiger partial charge in [0.15, 0.2) is 0 Å². The first-order valence-corrected chi connectivity index (χ1v) is 5.99. The number of carbonyl (C=O) groups excluding carboxylic acids is 1. The fourth-order valence-corrected chi connectivity index (χ4v) is 1.80. The van der Waals surface area contributed by atoms with E-state index in [1.165, 1.54) is 30.3 Å². The van der Waals surface area contributed by atoms with Gasteiger partial charge in [0.25, 0.3) is 5.91 Å². The first-order chi connectivity index (χ1) is 9.79. The summed E-state index contributed by atoms with van der Waals surface area (Å²) < 4.78 is 37.4. The van der Waals surface area contributed by atoms with Gasteiger partial charge in [-0.2, -0.15) is 18.3 Å². The molecule has 3 N–H and O–H groups in total. The molecule has 0 aliphatic heterocycles. The van der Waals surface area contributed by atoms with E-state index in [1.807, 2.05) is 0 Å². The summed E-state index contributed by atoms with van der Waals surface area (Å²) in [5.41, 5.74) is 5.81. The van der Waals surface area contributed by atoms with Crippen LogP contribution in [0.2, 0.25) is 0 Å². The molecule has 2 aromatic rings. The van der Waals surface area contributed by atoms with E-state index < -0.39 is 11.7 Å². The van der Waals surface area contributed by atoms with Crippen LogP contribution < -0.4 is 5.73 Å². The number of aromatic nitrogens is 2. The van der Waals surface area contributed by atoms with Gasteiger partial charge in [0, 0.05) is 13.6 Å². The van der Waals surface area contributed by atoms with Crippen LogP contribution in [0.5, 0.6) is 0 Å². The van der Waals surface area contributed by atoms with Gasteiger partial charge >= 0.3 is 6.18 Å². The second-order valence-corrected chi connectivity index (χ2v) is 4.56. The fraction of sp³-hybridized carbons (Fsp3) is 0.231. The molecule has 0 bridgehead atoms. The quantitative estimate of drug-likeness (QED) is 0.913. The van der Waals surface area contributed by atoms with Gasteiger partial charge in [0.2, 0.25) is 0 Å². The summed E-state index contributed by atoms with van der Waals surface area (Å²) in [6.45, 7) is 0.162. The average Bonchev–Trinajstić information content (AvgIpc) is 2.83. The summed E-state index contributed by atoms with van der Waals surface area (Å²) in [5.74, 6) is -0.384. The number of halogens is 3. The van der Waals surface area contributed by atoms with Gasteiger partial charge in [-0.1, -0.05) is 12.1 Å². The molecular formula is C13H13F3N4O. The van der Waals surface area contributed by atoms with Gasteiger partial charge < -0.3 is 10.6 Å².